The van der Waals surface area contributed by atoms with Crippen molar-refractivity contribution in [3.05, 3.63) is 200 Å². The second-order valence-electron chi connectivity index (χ2n) is 14.4. The molecule has 0 N–H and O–H groups in total. The van der Waals surface area contributed by atoms with Crippen LogP contribution in [0.1, 0.15) is 0 Å². The Balaban J connectivity index is 1.07. The van der Waals surface area contributed by atoms with Gasteiger partial charge in [-0.3, -0.25) is 0 Å². The molecule has 0 unspecified atom stereocenters. The summed E-state index contributed by atoms with van der Waals surface area (Å²) in [5.74, 6) is 1.91. The lowest BCUT2D eigenvalue weighted by Crippen LogP contribution is -2.02. The number of benzene rings is 9. The van der Waals surface area contributed by atoms with Gasteiger partial charge < -0.3 is 0 Å². The molecule has 3 nitrogen and oxygen atoms in total. The van der Waals surface area contributed by atoms with Crippen LogP contribution in [0.15, 0.2) is 200 Å². The summed E-state index contributed by atoms with van der Waals surface area (Å²) in [6, 6.07) is 71.0. The summed E-state index contributed by atoms with van der Waals surface area (Å²) in [5.41, 5.74) is 9.84. The number of fused-ring (bicyclic) bond motifs is 5. The Morgan fingerprint density at radius 2 is 0.842 bits per heavy atom. The lowest BCUT2D eigenvalue weighted by atomic mass is 9.93. The van der Waals surface area contributed by atoms with Gasteiger partial charge in [0.25, 0.3) is 0 Å². The molecule has 0 spiro atoms. The van der Waals surface area contributed by atoms with Gasteiger partial charge in [-0.1, -0.05) is 182 Å². The van der Waals surface area contributed by atoms with Crippen LogP contribution in [0.5, 0.6) is 0 Å². The fourth-order valence-electron chi connectivity index (χ4n) is 8.09. The summed E-state index contributed by atoms with van der Waals surface area (Å²) in [4.78, 5) is 15.8. The molecule has 9 aromatic carbocycles. The Morgan fingerprint density at radius 3 is 1.63 bits per heavy atom. The van der Waals surface area contributed by atoms with E-state index in [1.54, 1.807) is 0 Å². The van der Waals surface area contributed by atoms with Crippen molar-refractivity contribution in [2.45, 2.75) is 0 Å². The van der Waals surface area contributed by atoms with Gasteiger partial charge >= 0.3 is 0 Å². The fourth-order valence-corrected chi connectivity index (χ4v) is 9.32. The highest BCUT2D eigenvalue weighted by molar-refractivity contribution is 7.26. The van der Waals surface area contributed by atoms with Crippen molar-refractivity contribution >= 4 is 53.1 Å². The smallest absolute Gasteiger partial charge is 0.165 e. The van der Waals surface area contributed by atoms with Gasteiger partial charge in [-0.05, 0) is 73.1 Å². The van der Waals surface area contributed by atoms with Crippen molar-refractivity contribution in [1.82, 2.24) is 15.0 Å². The number of hydrogen-bond donors (Lipinski definition) is 0. The van der Waals surface area contributed by atoms with E-state index in [0.717, 1.165) is 49.5 Å². The Kier molecular flexibility index (Phi) is 8.01. The number of thiophene rings is 1. The quantitative estimate of drug-likeness (QED) is 0.170. The van der Waals surface area contributed by atoms with Crippen LogP contribution in [-0.4, -0.2) is 15.0 Å². The van der Waals surface area contributed by atoms with Crippen LogP contribution < -0.4 is 0 Å². The first-order chi connectivity index (χ1) is 28.2. The second-order valence-corrected chi connectivity index (χ2v) is 15.4. The molecular weight excluding hydrogens is 711 g/mol. The SMILES string of the molecule is c1ccc(-c2ccc(-c3nc(-c4ccc5cc(-c6cccc7c6sc6ccccc67)ccc5c4)nc(-c4c(-c5ccccc5)ccc5ccccc45)n3)cc2)cc1. The minimum absolute atomic E-state index is 0.633. The molecule has 11 aromatic rings. The van der Waals surface area contributed by atoms with Gasteiger partial charge in [0, 0.05) is 36.9 Å². The van der Waals surface area contributed by atoms with Crippen molar-refractivity contribution in [3.63, 3.8) is 0 Å². The summed E-state index contributed by atoms with van der Waals surface area (Å²) in [6.45, 7) is 0. The van der Waals surface area contributed by atoms with Crippen LogP contribution in [-0.2, 0) is 0 Å². The molecule has 57 heavy (non-hydrogen) atoms. The van der Waals surface area contributed by atoms with Crippen LogP contribution in [0.3, 0.4) is 0 Å². The maximum absolute atomic E-state index is 5.31. The van der Waals surface area contributed by atoms with Crippen molar-refractivity contribution in [2.75, 3.05) is 0 Å². The minimum atomic E-state index is 0.633. The van der Waals surface area contributed by atoms with Crippen molar-refractivity contribution in [1.29, 1.82) is 0 Å². The Hall–Kier alpha value is -7.27. The number of nitrogens with zero attached hydrogens (tertiary/aromatic N) is 3. The number of rotatable bonds is 6. The predicted octanol–water partition coefficient (Wildman–Crippen LogP) is 14.5. The van der Waals surface area contributed by atoms with E-state index in [1.165, 1.54) is 42.2 Å². The van der Waals surface area contributed by atoms with E-state index in [2.05, 4.69) is 194 Å². The third-order valence-corrected chi connectivity index (χ3v) is 12.2. The van der Waals surface area contributed by atoms with E-state index in [1.807, 2.05) is 17.4 Å². The van der Waals surface area contributed by atoms with Crippen LogP contribution in [0, 0.1) is 0 Å². The standard InChI is InChI=1S/C53H33N3S/c1-3-12-34(13-4-1)35-22-24-38(25-23-35)51-54-52(56-53(55-51)49-43-17-8-7-16-37(43)30-31-44(49)36-14-5-2-6-15-36)42-29-27-39-32-41(28-26-40(39)33-42)45-19-11-20-47-46-18-9-10-21-48(46)57-50(45)47/h1-33H. The third kappa shape index (κ3) is 5.95. The highest BCUT2D eigenvalue weighted by atomic mass is 32.1. The molecule has 0 aliphatic carbocycles. The second kappa shape index (κ2) is 13.8. The van der Waals surface area contributed by atoms with Crippen LogP contribution in [0.2, 0.25) is 0 Å². The van der Waals surface area contributed by atoms with Crippen molar-refractivity contribution < 1.29 is 0 Å². The molecule has 0 bridgehead atoms. The molecule has 0 saturated carbocycles. The van der Waals surface area contributed by atoms with Gasteiger partial charge in [0.05, 0.1) is 0 Å². The molecule has 4 heteroatoms. The zero-order valence-electron chi connectivity index (χ0n) is 30.8. The first-order valence-corrected chi connectivity index (χ1v) is 20.0. The summed E-state index contributed by atoms with van der Waals surface area (Å²) in [5, 5.41) is 7.15. The van der Waals surface area contributed by atoms with Crippen molar-refractivity contribution in [3.8, 4) is 67.5 Å². The molecule has 0 radical (unpaired) electrons. The lowest BCUT2D eigenvalue weighted by molar-refractivity contribution is 1.08. The lowest BCUT2D eigenvalue weighted by Gasteiger charge is -2.15. The molecule has 266 valence electrons. The molecule has 0 fully saturated rings. The zero-order chi connectivity index (χ0) is 37.7. The van der Waals surface area contributed by atoms with Gasteiger partial charge in [-0.2, -0.15) is 0 Å². The fraction of sp³-hybridized carbons (Fsp3) is 0. The third-order valence-electron chi connectivity index (χ3n) is 10.9. The average molecular weight is 744 g/mol. The average Bonchev–Trinajstić information content (AvgIpc) is 3.68. The van der Waals surface area contributed by atoms with Gasteiger partial charge in [0.15, 0.2) is 17.5 Å². The van der Waals surface area contributed by atoms with Gasteiger partial charge in [-0.15, -0.1) is 11.3 Å². The van der Waals surface area contributed by atoms with Gasteiger partial charge in [-0.25, -0.2) is 15.0 Å². The summed E-state index contributed by atoms with van der Waals surface area (Å²) in [6.07, 6.45) is 0. The predicted molar refractivity (Wildman–Crippen MR) is 240 cm³/mol. The topological polar surface area (TPSA) is 38.7 Å². The van der Waals surface area contributed by atoms with E-state index >= 15 is 0 Å². The van der Waals surface area contributed by atoms with E-state index in [4.69, 9.17) is 15.0 Å². The Morgan fingerprint density at radius 1 is 0.298 bits per heavy atom. The maximum atomic E-state index is 5.31. The summed E-state index contributed by atoms with van der Waals surface area (Å²) in [7, 11) is 0. The zero-order valence-corrected chi connectivity index (χ0v) is 31.6. The molecule has 0 saturated heterocycles. The minimum Gasteiger partial charge on any atom is -0.208 e. The summed E-state index contributed by atoms with van der Waals surface area (Å²) < 4.78 is 2.63. The summed E-state index contributed by atoms with van der Waals surface area (Å²) >= 11 is 1.86. The number of hydrogen-bond acceptors (Lipinski definition) is 4. The van der Waals surface area contributed by atoms with E-state index in [9.17, 15) is 0 Å². The van der Waals surface area contributed by atoms with Crippen LogP contribution >= 0.6 is 11.3 Å². The monoisotopic (exact) mass is 743 g/mol. The largest absolute Gasteiger partial charge is 0.208 e. The number of aromatic nitrogens is 3. The molecule has 2 aromatic heterocycles. The van der Waals surface area contributed by atoms with Crippen LogP contribution in [0.25, 0.3) is 109 Å². The Bertz CT molecular complexity index is 3280. The first kappa shape index (κ1) is 33.1. The molecule has 11 rings (SSSR count). The molecular formula is C53H33N3S. The first-order valence-electron chi connectivity index (χ1n) is 19.2. The molecule has 0 aliphatic heterocycles. The van der Waals surface area contributed by atoms with E-state index in [-0.39, 0.29) is 0 Å². The van der Waals surface area contributed by atoms with E-state index in [0.29, 0.717) is 17.5 Å². The van der Waals surface area contributed by atoms with Gasteiger partial charge in [0.2, 0.25) is 0 Å². The van der Waals surface area contributed by atoms with Gasteiger partial charge in [0.1, 0.15) is 0 Å². The van der Waals surface area contributed by atoms with Crippen molar-refractivity contribution in [2.24, 2.45) is 0 Å². The maximum Gasteiger partial charge on any atom is 0.165 e. The highest BCUT2D eigenvalue weighted by Gasteiger charge is 2.19. The van der Waals surface area contributed by atoms with Crippen LogP contribution in [0.4, 0.5) is 0 Å². The molecule has 0 atom stereocenters. The highest BCUT2D eigenvalue weighted by Crippen LogP contribution is 2.41. The molecule has 0 aliphatic rings. The normalized spacial score (nSPS) is 11.5. The van der Waals surface area contributed by atoms with E-state index < -0.39 is 0 Å². The molecule has 0 amide bonds. The molecule has 2 heterocycles. The Labute approximate surface area is 334 Å².